The van der Waals surface area contributed by atoms with E-state index in [1.54, 1.807) is 25.0 Å². The van der Waals surface area contributed by atoms with E-state index in [-0.39, 0.29) is 45.2 Å². The van der Waals surface area contributed by atoms with Gasteiger partial charge in [0.05, 0.1) is 18.4 Å². The number of ether oxygens (including phenoxy) is 1. The van der Waals surface area contributed by atoms with Gasteiger partial charge in [-0.2, -0.15) is 0 Å². The monoisotopic (exact) mass is 900 g/mol. The predicted molar refractivity (Wildman–Crippen MR) is 232 cm³/mol. The van der Waals surface area contributed by atoms with Crippen LogP contribution in [0.1, 0.15) is 138 Å². The molecule has 56 heavy (non-hydrogen) atoms. The first-order valence-electron chi connectivity index (χ1n) is 21.3. The summed E-state index contributed by atoms with van der Waals surface area (Å²) in [4.78, 5) is 38.5. The molecule has 4 saturated carbocycles. The highest BCUT2D eigenvalue weighted by molar-refractivity contribution is 14.1. The van der Waals surface area contributed by atoms with Crippen LogP contribution < -0.4 is 5.56 Å². The van der Waals surface area contributed by atoms with Crippen molar-refractivity contribution in [1.82, 2.24) is 9.36 Å². The van der Waals surface area contributed by atoms with E-state index < -0.39 is 17.4 Å². The van der Waals surface area contributed by atoms with Crippen LogP contribution in [0, 0.1) is 56.2 Å². The molecule has 0 aliphatic heterocycles. The van der Waals surface area contributed by atoms with E-state index >= 15 is 0 Å². The molecular weight excluding hydrogens is 835 g/mol. The number of rotatable bonds is 9. The van der Waals surface area contributed by atoms with E-state index in [0.717, 1.165) is 49.8 Å². The number of nitrogens with zero attached hydrogens (tertiary/aromatic N) is 2. The minimum atomic E-state index is -1.15. The molecule has 7 nitrogen and oxygen atoms in total. The van der Waals surface area contributed by atoms with Crippen molar-refractivity contribution in [2.75, 3.05) is 0 Å². The van der Waals surface area contributed by atoms with Crippen molar-refractivity contribution in [3.63, 3.8) is 0 Å². The van der Waals surface area contributed by atoms with Gasteiger partial charge in [0.15, 0.2) is 0 Å². The number of esters is 1. The molecule has 0 amide bonds. The number of aliphatic carboxylic acids is 1. The normalized spacial score (nSPS) is 36.4. The van der Waals surface area contributed by atoms with Gasteiger partial charge in [-0.3, -0.25) is 19.1 Å². The first-order chi connectivity index (χ1) is 26.0. The van der Waals surface area contributed by atoms with Gasteiger partial charge in [-0.1, -0.05) is 106 Å². The zero-order valence-corrected chi connectivity index (χ0v) is 38.5. The molecule has 1 aromatic heterocycles. The maximum absolute atomic E-state index is 13.6. The summed E-state index contributed by atoms with van der Waals surface area (Å²) in [6.45, 7) is 21.1. The second kappa shape index (κ2) is 14.3. The fourth-order valence-electron chi connectivity index (χ4n) is 14.0. The number of carbonyl (C=O) groups is 2. The topological polar surface area (TPSA) is 90.5 Å². The number of carbonyl (C=O) groups excluding carboxylic acids is 1. The third-order valence-electron chi connectivity index (χ3n) is 17.2. The largest absolute Gasteiger partial charge is 0.481 e. The highest BCUT2D eigenvalue weighted by Gasteiger charge is 2.70. The number of carboxylic acids is 1. The van der Waals surface area contributed by atoms with Gasteiger partial charge < -0.3 is 9.84 Å². The lowest BCUT2D eigenvalue weighted by Crippen LogP contribution is -2.65. The summed E-state index contributed by atoms with van der Waals surface area (Å²) < 4.78 is 10.7. The van der Waals surface area contributed by atoms with Crippen molar-refractivity contribution >= 4 is 46.1 Å². The molecule has 0 spiro atoms. The molecule has 7 rings (SSSR count). The Hall–Kier alpha value is -2.07. The van der Waals surface area contributed by atoms with E-state index in [1.807, 2.05) is 35.0 Å². The molecule has 1 heterocycles. The Morgan fingerprint density at radius 2 is 1.64 bits per heavy atom. The number of benzene rings is 1. The lowest BCUT2D eigenvalue weighted by atomic mass is 9.33. The Morgan fingerprint density at radius 1 is 0.964 bits per heavy atom. The Bertz CT molecular complexity index is 1980. The van der Waals surface area contributed by atoms with Crippen LogP contribution in [0.2, 0.25) is 5.02 Å². The molecular formula is C47H66ClIN2O5. The second-order valence-electron chi connectivity index (χ2n) is 21.2. The van der Waals surface area contributed by atoms with E-state index in [0.29, 0.717) is 39.2 Å². The van der Waals surface area contributed by atoms with Crippen LogP contribution in [0.4, 0.5) is 0 Å². The van der Waals surface area contributed by atoms with Crippen molar-refractivity contribution in [3.8, 4) is 0 Å². The number of fused-ring (bicyclic) bond motifs is 7. The lowest BCUT2D eigenvalue weighted by molar-refractivity contribution is -0.233. The van der Waals surface area contributed by atoms with Crippen molar-refractivity contribution in [2.24, 2.45) is 63.2 Å². The first kappa shape index (κ1) is 42.1. The molecule has 308 valence electrons. The maximum Gasteiger partial charge on any atom is 0.309 e. The maximum atomic E-state index is 13.6. The Kier molecular flexibility index (Phi) is 10.7. The first-order valence-corrected chi connectivity index (χ1v) is 22.9. The number of hydrogen-bond donors (Lipinski definition) is 1. The van der Waals surface area contributed by atoms with Crippen LogP contribution >= 0.6 is 34.2 Å². The van der Waals surface area contributed by atoms with Crippen LogP contribution in [0.15, 0.2) is 46.3 Å². The fourth-order valence-corrected chi connectivity index (χ4v) is 16.0. The van der Waals surface area contributed by atoms with Crippen molar-refractivity contribution < 1.29 is 19.4 Å². The molecule has 9 heteroatoms. The summed E-state index contributed by atoms with van der Waals surface area (Å²) in [5.41, 5.74) is 4.86. The van der Waals surface area contributed by atoms with Gasteiger partial charge in [0.2, 0.25) is 0 Å². The van der Waals surface area contributed by atoms with Gasteiger partial charge in [-0.15, -0.1) is 0 Å². The van der Waals surface area contributed by atoms with Crippen molar-refractivity contribution in [1.29, 1.82) is 0 Å². The molecule has 2 unspecified atom stereocenters. The molecule has 2 aromatic rings. The summed E-state index contributed by atoms with van der Waals surface area (Å²) in [5, 5.41) is 10.4. The SMILES string of the molecule is CC(C)C1=C2[C@H]3CC[C@@H]4[C@@]5(C)CC[C@H](OC(=O)CC(C)(C)C(=O)O)C(C)(C)[C@@H]5CC[C@@]4(C)[C@]3(C)CCC2(Cc2cc(=O)n(Cc3ccc(Cl)cc3)n2C)CC1I. The third kappa shape index (κ3) is 6.50. The average Bonchev–Trinajstić information content (AvgIpc) is 3.54. The quantitative estimate of drug-likeness (QED) is 0.117. The molecule has 1 N–H and O–H groups in total. The van der Waals surface area contributed by atoms with Crippen LogP contribution in [0.25, 0.3) is 0 Å². The Labute approximate surface area is 353 Å². The molecule has 0 saturated heterocycles. The zero-order chi connectivity index (χ0) is 41.0. The number of alkyl halides is 1. The highest BCUT2D eigenvalue weighted by atomic mass is 127. The van der Waals surface area contributed by atoms with E-state index in [1.165, 1.54) is 25.7 Å². The standard InChI is InChI=1S/C47H66ClIN2O5/c1-28(2)39-33(49)25-47(24-31-23-37(52)51(50(31)10)27-29-11-13-30(48)14-12-29)22-21-45(8)32(40(39)47)15-16-35-44(7)19-18-36(56-38(53)26-42(3,4)41(54)55)43(5,6)34(44)17-20-46(35,45)9/h11-14,23,28,32-36H,15-22,24-27H2,1-10H3,(H,54,55)/t32-,33?,34+,35-,36+,44+,45-,46-,47?/m1/s1. The highest BCUT2D eigenvalue weighted by Crippen LogP contribution is 2.77. The second-order valence-corrected chi connectivity index (χ2v) is 23.1. The molecule has 5 aliphatic carbocycles. The molecule has 0 bridgehead atoms. The summed E-state index contributed by atoms with van der Waals surface area (Å²) in [6.07, 6.45) is 10.6. The minimum absolute atomic E-state index is 0.0513. The molecule has 1 aromatic carbocycles. The fraction of sp³-hybridized carbons (Fsp3) is 0.723. The molecule has 5 aliphatic rings. The Balaban J connectivity index is 1.18. The average molecular weight is 901 g/mol. The van der Waals surface area contributed by atoms with Crippen LogP contribution in [-0.2, 0) is 34.3 Å². The third-order valence-corrected chi connectivity index (χ3v) is 18.6. The lowest BCUT2D eigenvalue weighted by Gasteiger charge is -2.72. The summed E-state index contributed by atoms with van der Waals surface area (Å²) >= 11 is 8.93. The molecule has 0 radical (unpaired) electrons. The molecule has 9 atom stereocenters. The van der Waals surface area contributed by atoms with Crippen LogP contribution in [-0.4, -0.2) is 36.4 Å². The summed E-state index contributed by atoms with van der Waals surface area (Å²) in [6, 6.07) is 9.72. The number of hydrogen-bond acceptors (Lipinski definition) is 4. The number of allylic oxidation sites excluding steroid dienone is 2. The van der Waals surface area contributed by atoms with Crippen molar-refractivity contribution in [2.45, 2.75) is 150 Å². The van der Waals surface area contributed by atoms with Crippen molar-refractivity contribution in [3.05, 3.63) is 68.1 Å². The van der Waals surface area contributed by atoms with Gasteiger partial charge in [0.25, 0.3) is 5.56 Å². The number of carboxylic acid groups (broad SMARTS) is 1. The van der Waals surface area contributed by atoms with Gasteiger partial charge in [0, 0.05) is 33.2 Å². The van der Waals surface area contributed by atoms with Gasteiger partial charge in [-0.05, 0) is 141 Å². The summed E-state index contributed by atoms with van der Waals surface area (Å²) in [5.74, 6) is 0.629. The Morgan fingerprint density at radius 3 is 2.29 bits per heavy atom. The number of aromatic nitrogens is 2. The molecule has 4 fully saturated rings. The van der Waals surface area contributed by atoms with Gasteiger partial charge in [-0.25, -0.2) is 4.68 Å². The zero-order valence-electron chi connectivity index (χ0n) is 35.6. The van der Waals surface area contributed by atoms with E-state index in [2.05, 4.69) is 82.8 Å². The van der Waals surface area contributed by atoms with Gasteiger partial charge >= 0.3 is 11.9 Å². The van der Waals surface area contributed by atoms with E-state index in [9.17, 15) is 19.5 Å². The minimum Gasteiger partial charge on any atom is -0.481 e. The predicted octanol–water partition coefficient (Wildman–Crippen LogP) is 11.1. The number of halogens is 2. The summed E-state index contributed by atoms with van der Waals surface area (Å²) in [7, 11) is 2.07. The smallest absolute Gasteiger partial charge is 0.309 e. The van der Waals surface area contributed by atoms with Gasteiger partial charge in [0.1, 0.15) is 6.10 Å². The van der Waals surface area contributed by atoms with Crippen LogP contribution in [0.3, 0.4) is 0 Å². The van der Waals surface area contributed by atoms with Crippen LogP contribution in [0.5, 0.6) is 0 Å². The van der Waals surface area contributed by atoms with E-state index in [4.69, 9.17) is 16.3 Å².